The fourth-order valence-corrected chi connectivity index (χ4v) is 4.35. The highest BCUT2D eigenvalue weighted by Gasteiger charge is 2.30. The van der Waals surface area contributed by atoms with Crippen LogP contribution in [0.5, 0.6) is 0 Å². The third-order valence-corrected chi connectivity index (χ3v) is 5.85. The number of halogens is 3. The van der Waals surface area contributed by atoms with Gasteiger partial charge in [0.2, 0.25) is 0 Å². The molecule has 1 fully saturated rings. The third kappa shape index (κ3) is 3.67. The van der Waals surface area contributed by atoms with E-state index in [1.165, 1.54) is 11.3 Å². The average molecular weight is 402 g/mol. The molecular formula is C21H17F3N2OS. The maximum Gasteiger partial charge on any atom is 0.185 e. The van der Waals surface area contributed by atoms with E-state index < -0.39 is 34.7 Å². The summed E-state index contributed by atoms with van der Waals surface area (Å²) >= 11 is 1.53. The topological polar surface area (TPSA) is 33.2 Å². The summed E-state index contributed by atoms with van der Waals surface area (Å²) < 4.78 is 40.9. The SMILES string of the molecule is O=C(c1c(F)cc(F)cc1F)C1CCN(c2nc(-c3ccccc3)cs2)CC1. The molecule has 3 nitrogen and oxygen atoms in total. The molecule has 0 atom stereocenters. The van der Waals surface area contributed by atoms with Crippen molar-refractivity contribution in [3.63, 3.8) is 0 Å². The van der Waals surface area contributed by atoms with Crippen LogP contribution in [0.1, 0.15) is 23.2 Å². The number of anilines is 1. The minimum Gasteiger partial charge on any atom is -0.348 e. The second-order valence-electron chi connectivity index (χ2n) is 6.75. The van der Waals surface area contributed by atoms with Crippen molar-refractivity contribution in [3.05, 3.63) is 70.9 Å². The molecule has 0 spiro atoms. The van der Waals surface area contributed by atoms with E-state index in [2.05, 4.69) is 9.88 Å². The summed E-state index contributed by atoms with van der Waals surface area (Å²) in [5, 5.41) is 2.86. The summed E-state index contributed by atoms with van der Waals surface area (Å²) in [6.07, 6.45) is 0.935. The maximum atomic E-state index is 13.9. The number of hydrogen-bond acceptors (Lipinski definition) is 4. The summed E-state index contributed by atoms with van der Waals surface area (Å²) in [6, 6.07) is 11.0. The standard InChI is InChI=1S/C21H17F3N2OS/c22-15-10-16(23)19(17(24)11-15)20(27)14-6-8-26(9-7-14)21-25-18(12-28-21)13-4-2-1-3-5-13/h1-5,10-12,14H,6-9H2. The van der Waals surface area contributed by atoms with E-state index >= 15 is 0 Å². The second-order valence-corrected chi connectivity index (χ2v) is 7.59. The van der Waals surface area contributed by atoms with Crippen LogP contribution in [0, 0.1) is 23.4 Å². The number of thiazole rings is 1. The highest BCUT2D eigenvalue weighted by Crippen LogP contribution is 2.32. The molecule has 0 radical (unpaired) electrons. The Labute approximate surface area is 164 Å². The van der Waals surface area contributed by atoms with E-state index in [1.54, 1.807) is 0 Å². The van der Waals surface area contributed by atoms with Gasteiger partial charge in [0.1, 0.15) is 17.5 Å². The lowest BCUT2D eigenvalue weighted by atomic mass is 9.88. The number of rotatable bonds is 4. The molecule has 144 valence electrons. The van der Waals surface area contributed by atoms with Crippen LogP contribution in [-0.2, 0) is 0 Å². The van der Waals surface area contributed by atoms with Gasteiger partial charge in [-0.15, -0.1) is 11.3 Å². The van der Waals surface area contributed by atoms with Gasteiger partial charge in [-0.1, -0.05) is 30.3 Å². The number of benzene rings is 2. The summed E-state index contributed by atoms with van der Waals surface area (Å²) in [5.41, 5.74) is 1.30. The van der Waals surface area contributed by atoms with Gasteiger partial charge in [0.25, 0.3) is 0 Å². The van der Waals surface area contributed by atoms with Gasteiger partial charge in [-0.25, -0.2) is 18.2 Å². The van der Waals surface area contributed by atoms with E-state index in [4.69, 9.17) is 0 Å². The van der Waals surface area contributed by atoms with Gasteiger partial charge < -0.3 is 4.90 Å². The molecule has 0 amide bonds. The lowest BCUT2D eigenvalue weighted by Gasteiger charge is -2.31. The Morgan fingerprint density at radius 2 is 1.68 bits per heavy atom. The molecule has 1 aliphatic rings. The first-order valence-corrected chi connectivity index (χ1v) is 9.85. The minimum absolute atomic E-state index is 0.468. The number of aromatic nitrogens is 1. The largest absolute Gasteiger partial charge is 0.348 e. The Morgan fingerprint density at radius 3 is 2.32 bits per heavy atom. The van der Waals surface area contributed by atoms with Crippen LogP contribution >= 0.6 is 11.3 Å². The molecule has 0 N–H and O–H groups in total. The van der Waals surface area contributed by atoms with Crippen molar-refractivity contribution < 1.29 is 18.0 Å². The number of nitrogens with zero attached hydrogens (tertiary/aromatic N) is 2. The van der Waals surface area contributed by atoms with E-state index in [-0.39, 0.29) is 0 Å². The van der Waals surface area contributed by atoms with E-state index in [9.17, 15) is 18.0 Å². The van der Waals surface area contributed by atoms with Gasteiger partial charge in [0, 0.05) is 42.1 Å². The van der Waals surface area contributed by atoms with Gasteiger partial charge in [-0.2, -0.15) is 0 Å². The first kappa shape index (κ1) is 18.7. The van der Waals surface area contributed by atoms with Crippen molar-refractivity contribution >= 4 is 22.3 Å². The Kier molecular flexibility index (Phi) is 5.17. The minimum atomic E-state index is -1.14. The number of hydrogen-bond donors (Lipinski definition) is 0. The van der Waals surface area contributed by atoms with E-state index in [1.807, 2.05) is 35.7 Å². The number of carbonyl (C=O) groups is 1. The van der Waals surface area contributed by atoms with Crippen LogP contribution in [-0.4, -0.2) is 23.9 Å². The molecule has 1 saturated heterocycles. The van der Waals surface area contributed by atoms with Crippen LogP contribution in [0.3, 0.4) is 0 Å². The number of piperidine rings is 1. The normalized spacial score (nSPS) is 15.0. The molecular weight excluding hydrogens is 385 g/mol. The molecule has 0 unspecified atom stereocenters. The first-order valence-electron chi connectivity index (χ1n) is 8.97. The van der Waals surface area contributed by atoms with Crippen LogP contribution in [0.2, 0.25) is 0 Å². The van der Waals surface area contributed by atoms with Gasteiger partial charge in [-0.3, -0.25) is 4.79 Å². The lowest BCUT2D eigenvalue weighted by Crippen LogP contribution is -2.36. The summed E-state index contributed by atoms with van der Waals surface area (Å²) in [5.74, 6) is -4.40. The summed E-state index contributed by atoms with van der Waals surface area (Å²) in [4.78, 5) is 19.3. The molecule has 3 aromatic rings. The second kappa shape index (κ2) is 7.75. The van der Waals surface area contributed by atoms with Crippen LogP contribution < -0.4 is 4.90 Å². The van der Waals surface area contributed by atoms with Crippen molar-refractivity contribution in [2.45, 2.75) is 12.8 Å². The summed E-state index contributed by atoms with van der Waals surface area (Å²) in [6.45, 7) is 1.14. The maximum absolute atomic E-state index is 13.9. The molecule has 7 heteroatoms. The molecule has 1 aromatic heterocycles. The number of Topliss-reactive ketones (excluding diaryl/α,β-unsaturated/α-hetero) is 1. The molecule has 0 saturated carbocycles. The molecule has 4 rings (SSSR count). The van der Waals surface area contributed by atoms with Crippen molar-refractivity contribution in [3.8, 4) is 11.3 Å². The van der Waals surface area contributed by atoms with Crippen LogP contribution in [0.15, 0.2) is 47.8 Å². The van der Waals surface area contributed by atoms with Crippen molar-refractivity contribution in [2.24, 2.45) is 5.92 Å². The van der Waals surface area contributed by atoms with Crippen molar-refractivity contribution in [1.82, 2.24) is 4.98 Å². The average Bonchev–Trinajstić information content (AvgIpc) is 3.18. The van der Waals surface area contributed by atoms with Gasteiger partial charge in [0.15, 0.2) is 10.9 Å². The predicted octanol–water partition coefficient (Wildman–Crippen LogP) is 5.33. The smallest absolute Gasteiger partial charge is 0.185 e. The van der Waals surface area contributed by atoms with Gasteiger partial charge in [-0.05, 0) is 12.8 Å². The van der Waals surface area contributed by atoms with Gasteiger partial charge in [0.05, 0.1) is 11.3 Å². The van der Waals surface area contributed by atoms with Crippen molar-refractivity contribution in [2.75, 3.05) is 18.0 Å². The zero-order valence-corrected chi connectivity index (χ0v) is 15.7. The van der Waals surface area contributed by atoms with Crippen LogP contribution in [0.25, 0.3) is 11.3 Å². The summed E-state index contributed by atoms with van der Waals surface area (Å²) in [7, 11) is 0. The molecule has 0 bridgehead atoms. The quantitative estimate of drug-likeness (QED) is 0.554. The first-order chi connectivity index (χ1) is 13.5. The van der Waals surface area contributed by atoms with Crippen molar-refractivity contribution in [1.29, 1.82) is 0 Å². The highest BCUT2D eigenvalue weighted by atomic mass is 32.1. The van der Waals surface area contributed by atoms with Crippen LogP contribution in [0.4, 0.5) is 18.3 Å². The fourth-order valence-electron chi connectivity index (χ4n) is 3.47. The number of ketones is 1. The lowest BCUT2D eigenvalue weighted by molar-refractivity contribution is 0.0891. The van der Waals surface area contributed by atoms with E-state index in [0.717, 1.165) is 16.4 Å². The molecule has 2 heterocycles. The number of carbonyl (C=O) groups excluding carboxylic acids is 1. The Hall–Kier alpha value is -2.67. The monoisotopic (exact) mass is 402 g/mol. The third-order valence-electron chi connectivity index (χ3n) is 4.95. The van der Waals surface area contributed by atoms with Gasteiger partial charge >= 0.3 is 0 Å². The molecule has 0 aliphatic carbocycles. The predicted molar refractivity (Wildman–Crippen MR) is 103 cm³/mol. The Balaban J connectivity index is 1.44. The zero-order chi connectivity index (χ0) is 19.7. The molecule has 28 heavy (non-hydrogen) atoms. The highest BCUT2D eigenvalue weighted by molar-refractivity contribution is 7.14. The van der Waals surface area contributed by atoms with E-state index in [0.29, 0.717) is 38.1 Å². The Morgan fingerprint density at radius 1 is 1.04 bits per heavy atom. The fraction of sp³-hybridized carbons (Fsp3) is 0.238. The molecule has 1 aliphatic heterocycles. The zero-order valence-electron chi connectivity index (χ0n) is 14.9. The Bertz CT molecular complexity index is 975. The molecule has 2 aromatic carbocycles.